The zero-order chi connectivity index (χ0) is 18.1. The number of hydrogen-bond donors (Lipinski definition) is 1. The number of rotatable bonds is 8. The standard InChI is InChI=1S/C17H20O7/c1-4-22-17(21)12-6-5-7-14(8-12)24-15(19)9-13(18)10-23-16(20)11(2)3/h5-8,13,18H,2,4,9-10H2,1,3H3. The quantitative estimate of drug-likeness (QED) is 0.437. The number of ether oxygens (including phenoxy) is 3. The highest BCUT2D eigenvalue weighted by Gasteiger charge is 2.16. The van der Waals surface area contributed by atoms with E-state index in [0.29, 0.717) is 0 Å². The van der Waals surface area contributed by atoms with E-state index in [1.807, 2.05) is 0 Å². The van der Waals surface area contributed by atoms with Gasteiger partial charge in [0.05, 0.1) is 24.7 Å². The molecule has 130 valence electrons. The Labute approximate surface area is 139 Å². The number of benzene rings is 1. The second-order valence-corrected chi connectivity index (χ2v) is 4.96. The van der Waals surface area contributed by atoms with Crippen molar-refractivity contribution in [3.05, 3.63) is 42.0 Å². The first-order valence-corrected chi connectivity index (χ1v) is 7.32. The first-order valence-electron chi connectivity index (χ1n) is 7.32. The minimum atomic E-state index is -1.20. The van der Waals surface area contributed by atoms with Crippen molar-refractivity contribution in [3.63, 3.8) is 0 Å². The Balaban J connectivity index is 2.53. The first-order chi connectivity index (χ1) is 11.3. The third-order valence-corrected chi connectivity index (χ3v) is 2.73. The zero-order valence-corrected chi connectivity index (χ0v) is 13.6. The van der Waals surface area contributed by atoms with Crippen molar-refractivity contribution >= 4 is 17.9 Å². The van der Waals surface area contributed by atoms with Crippen molar-refractivity contribution in [1.29, 1.82) is 0 Å². The van der Waals surface area contributed by atoms with Crippen molar-refractivity contribution in [2.75, 3.05) is 13.2 Å². The van der Waals surface area contributed by atoms with E-state index in [0.717, 1.165) is 0 Å². The smallest absolute Gasteiger partial charge is 0.338 e. The molecule has 1 unspecified atom stereocenters. The lowest BCUT2D eigenvalue weighted by Gasteiger charge is -2.11. The van der Waals surface area contributed by atoms with Crippen LogP contribution < -0.4 is 4.74 Å². The molecule has 0 saturated carbocycles. The number of esters is 3. The second kappa shape index (κ2) is 9.46. The molecule has 7 heteroatoms. The second-order valence-electron chi connectivity index (χ2n) is 4.96. The van der Waals surface area contributed by atoms with Gasteiger partial charge in [0.25, 0.3) is 0 Å². The van der Waals surface area contributed by atoms with Gasteiger partial charge in [-0.2, -0.15) is 0 Å². The maximum absolute atomic E-state index is 11.8. The van der Waals surface area contributed by atoms with E-state index in [2.05, 4.69) is 6.58 Å². The van der Waals surface area contributed by atoms with Gasteiger partial charge >= 0.3 is 17.9 Å². The molecule has 0 fully saturated rings. The predicted octanol–water partition coefficient (Wildman–Crippen LogP) is 1.64. The topological polar surface area (TPSA) is 99.1 Å². The van der Waals surface area contributed by atoms with E-state index >= 15 is 0 Å². The van der Waals surface area contributed by atoms with Crippen LogP contribution in [-0.4, -0.2) is 42.3 Å². The molecule has 7 nitrogen and oxygen atoms in total. The number of carbonyl (C=O) groups is 3. The Kier molecular flexibility index (Phi) is 7.64. The van der Waals surface area contributed by atoms with Crippen LogP contribution >= 0.6 is 0 Å². The van der Waals surface area contributed by atoms with Gasteiger partial charge in [-0.05, 0) is 32.0 Å². The Morgan fingerprint density at radius 2 is 1.96 bits per heavy atom. The predicted molar refractivity (Wildman–Crippen MR) is 84.4 cm³/mol. The summed E-state index contributed by atoms with van der Waals surface area (Å²) in [4.78, 5) is 34.5. The molecule has 0 heterocycles. The monoisotopic (exact) mass is 336 g/mol. The van der Waals surface area contributed by atoms with Crippen LogP contribution in [0.15, 0.2) is 36.4 Å². The number of hydrogen-bond acceptors (Lipinski definition) is 7. The third kappa shape index (κ3) is 6.62. The minimum absolute atomic E-state index is 0.150. The molecule has 24 heavy (non-hydrogen) atoms. The highest BCUT2D eigenvalue weighted by molar-refractivity contribution is 5.90. The molecular weight excluding hydrogens is 316 g/mol. The van der Waals surface area contributed by atoms with Crippen LogP contribution in [0.1, 0.15) is 30.6 Å². The van der Waals surface area contributed by atoms with Gasteiger partial charge in [-0.1, -0.05) is 12.6 Å². The molecule has 0 spiro atoms. The molecule has 1 N–H and O–H groups in total. The van der Waals surface area contributed by atoms with Gasteiger partial charge in [0, 0.05) is 5.57 Å². The maximum Gasteiger partial charge on any atom is 0.338 e. The van der Waals surface area contributed by atoms with Crippen LogP contribution in [0.5, 0.6) is 5.75 Å². The van der Waals surface area contributed by atoms with E-state index in [4.69, 9.17) is 14.2 Å². The van der Waals surface area contributed by atoms with Gasteiger partial charge in [0.15, 0.2) is 0 Å². The highest BCUT2D eigenvalue weighted by Crippen LogP contribution is 2.15. The van der Waals surface area contributed by atoms with Crippen molar-refractivity contribution in [1.82, 2.24) is 0 Å². The average molecular weight is 336 g/mol. The van der Waals surface area contributed by atoms with Gasteiger partial charge in [0.2, 0.25) is 0 Å². The average Bonchev–Trinajstić information content (AvgIpc) is 2.52. The van der Waals surface area contributed by atoms with E-state index in [-0.39, 0.29) is 36.5 Å². The van der Waals surface area contributed by atoms with Gasteiger partial charge in [-0.15, -0.1) is 0 Å². The fourth-order valence-electron chi connectivity index (χ4n) is 1.62. The van der Waals surface area contributed by atoms with Crippen LogP contribution in [0.2, 0.25) is 0 Å². The lowest BCUT2D eigenvalue weighted by Crippen LogP contribution is -2.24. The lowest BCUT2D eigenvalue weighted by atomic mass is 10.2. The van der Waals surface area contributed by atoms with Crippen LogP contribution in [0, 0.1) is 0 Å². The number of aliphatic hydroxyl groups excluding tert-OH is 1. The SMILES string of the molecule is C=C(C)C(=O)OCC(O)CC(=O)Oc1cccc(C(=O)OCC)c1. The molecule has 0 radical (unpaired) electrons. The minimum Gasteiger partial charge on any atom is -0.462 e. The molecule has 1 atom stereocenters. The Morgan fingerprint density at radius 1 is 1.25 bits per heavy atom. The van der Waals surface area contributed by atoms with Crippen molar-refractivity contribution in [2.45, 2.75) is 26.4 Å². The third-order valence-electron chi connectivity index (χ3n) is 2.73. The van der Waals surface area contributed by atoms with Gasteiger partial charge in [0.1, 0.15) is 12.4 Å². The summed E-state index contributed by atoms with van der Waals surface area (Å²) in [5, 5.41) is 9.66. The van der Waals surface area contributed by atoms with Gasteiger partial charge in [-0.3, -0.25) is 4.79 Å². The summed E-state index contributed by atoms with van der Waals surface area (Å²) in [7, 11) is 0. The molecule has 0 aliphatic rings. The molecule has 1 rings (SSSR count). The fourth-order valence-corrected chi connectivity index (χ4v) is 1.62. The van der Waals surface area contributed by atoms with Gasteiger partial charge in [-0.25, -0.2) is 9.59 Å². The van der Waals surface area contributed by atoms with E-state index in [9.17, 15) is 19.5 Å². The van der Waals surface area contributed by atoms with E-state index in [1.165, 1.54) is 25.1 Å². The fraction of sp³-hybridized carbons (Fsp3) is 0.353. The number of carbonyl (C=O) groups excluding carboxylic acids is 3. The maximum atomic E-state index is 11.8. The highest BCUT2D eigenvalue weighted by atomic mass is 16.5. The molecule has 0 aromatic heterocycles. The molecule has 0 aliphatic carbocycles. The molecule has 1 aromatic rings. The van der Waals surface area contributed by atoms with Crippen LogP contribution in [0.25, 0.3) is 0 Å². The summed E-state index contributed by atoms with van der Waals surface area (Å²) in [6.45, 7) is 6.45. The summed E-state index contributed by atoms with van der Waals surface area (Å²) in [5.41, 5.74) is 0.443. The Hall–Kier alpha value is -2.67. The lowest BCUT2D eigenvalue weighted by molar-refractivity contribution is -0.145. The van der Waals surface area contributed by atoms with Gasteiger partial charge < -0.3 is 19.3 Å². The largest absolute Gasteiger partial charge is 0.462 e. The normalized spacial score (nSPS) is 11.3. The van der Waals surface area contributed by atoms with Crippen LogP contribution in [0.3, 0.4) is 0 Å². The van der Waals surface area contributed by atoms with Crippen LogP contribution in [0.4, 0.5) is 0 Å². The van der Waals surface area contributed by atoms with Crippen molar-refractivity contribution in [2.24, 2.45) is 0 Å². The van der Waals surface area contributed by atoms with Crippen LogP contribution in [-0.2, 0) is 19.1 Å². The Bertz CT molecular complexity index is 621. The summed E-state index contributed by atoms with van der Waals surface area (Å²) in [6.07, 6.45) is -1.57. The van der Waals surface area contributed by atoms with E-state index < -0.39 is 24.0 Å². The zero-order valence-electron chi connectivity index (χ0n) is 13.6. The van der Waals surface area contributed by atoms with E-state index in [1.54, 1.807) is 13.0 Å². The molecule has 0 amide bonds. The first kappa shape index (κ1) is 19.4. The van der Waals surface area contributed by atoms with Crippen molar-refractivity contribution in [3.8, 4) is 5.75 Å². The van der Waals surface area contributed by atoms with Crippen molar-refractivity contribution < 1.29 is 33.7 Å². The number of aliphatic hydroxyl groups is 1. The summed E-state index contributed by atoms with van der Waals surface area (Å²) < 4.78 is 14.6. The molecule has 0 saturated heterocycles. The molecule has 1 aromatic carbocycles. The summed E-state index contributed by atoms with van der Waals surface area (Å²) in [6, 6.07) is 5.93. The summed E-state index contributed by atoms with van der Waals surface area (Å²) in [5.74, 6) is -1.75. The Morgan fingerprint density at radius 3 is 2.58 bits per heavy atom. The summed E-state index contributed by atoms with van der Waals surface area (Å²) >= 11 is 0. The molecule has 0 aliphatic heterocycles. The molecular formula is C17H20O7. The molecule has 0 bridgehead atoms.